The molecule has 0 N–H and O–H groups in total. The second kappa shape index (κ2) is 7.15. The number of hydrogen-bond acceptors (Lipinski definition) is 3. The van der Waals surface area contributed by atoms with Crippen LogP contribution in [0.3, 0.4) is 0 Å². The van der Waals surface area contributed by atoms with Crippen molar-refractivity contribution in [3.8, 4) is 0 Å². The van der Waals surface area contributed by atoms with E-state index in [1.807, 2.05) is 42.5 Å². The van der Waals surface area contributed by atoms with Crippen molar-refractivity contribution in [3.05, 3.63) is 59.1 Å². The molecule has 96 valence electrons. The zero-order chi connectivity index (χ0) is 13.5. The molecule has 2 nitrogen and oxygen atoms in total. The average Bonchev–Trinajstić information content (AvgIpc) is 2.42. The first kappa shape index (κ1) is 13.9. The van der Waals surface area contributed by atoms with Gasteiger partial charge in [-0.2, -0.15) is 4.99 Å². The molecule has 0 bridgehead atoms. The second-order valence-electron chi connectivity index (χ2n) is 3.93. The van der Waals surface area contributed by atoms with E-state index in [2.05, 4.69) is 4.99 Å². The normalized spacial score (nSPS) is 9.95. The van der Waals surface area contributed by atoms with Crippen LogP contribution in [-0.4, -0.2) is 11.8 Å². The van der Waals surface area contributed by atoms with Crippen molar-refractivity contribution in [2.75, 3.05) is 5.75 Å². The smallest absolute Gasteiger partial charge is 0.211 e. The van der Waals surface area contributed by atoms with Gasteiger partial charge in [0.25, 0.3) is 0 Å². The van der Waals surface area contributed by atoms with Crippen LogP contribution in [0.25, 0.3) is 0 Å². The molecule has 0 atom stereocenters. The zero-order valence-corrected chi connectivity index (χ0v) is 11.7. The van der Waals surface area contributed by atoms with Crippen molar-refractivity contribution >= 4 is 35.1 Å². The second-order valence-corrected chi connectivity index (χ2v) is 5.53. The maximum atomic E-state index is 10.2. The van der Waals surface area contributed by atoms with Gasteiger partial charge in [-0.05, 0) is 42.3 Å². The molecule has 0 saturated carbocycles. The van der Waals surface area contributed by atoms with Gasteiger partial charge in [0, 0.05) is 15.7 Å². The minimum Gasteiger partial charge on any atom is -0.211 e. The molecule has 0 spiro atoms. The molecule has 0 heterocycles. The fourth-order valence-corrected chi connectivity index (χ4v) is 2.71. The summed E-state index contributed by atoms with van der Waals surface area (Å²) in [6.45, 7) is 0. The fraction of sp³-hybridized carbons (Fsp3) is 0.133. The minimum atomic E-state index is 0.645. The number of benzene rings is 2. The lowest BCUT2D eigenvalue weighted by Crippen LogP contribution is -1.87. The van der Waals surface area contributed by atoms with E-state index in [0.29, 0.717) is 5.69 Å². The van der Waals surface area contributed by atoms with Crippen LogP contribution in [0.15, 0.2) is 58.4 Å². The van der Waals surface area contributed by atoms with Crippen molar-refractivity contribution in [2.45, 2.75) is 11.3 Å². The summed E-state index contributed by atoms with van der Waals surface area (Å²) in [6, 6.07) is 15.5. The third-order valence-corrected chi connectivity index (χ3v) is 3.81. The minimum absolute atomic E-state index is 0.645. The molecule has 2 rings (SSSR count). The van der Waals surface area contributed by atoms with E-state index in [9.17, 15) is 4.79 Å². The molecule has 4 heteroatoms. The monoisotopic (exact) mass is 289 g/mol. The number of aliphatic imine (C=N–C) groups is 1. The Balaban J connectivity index is 1.90. The van der Waals surface area contributed by atoms with Gasteiger partial charge < -0.3 is 0 Å². The Morgan fingerprint density at radius 2 is 1.95 bits per heavy atom. The van der Waals surface area contributed by atoms with Gasteiger partial charge in [0.05, 0.1) is 5.69 Å². The summed E-state index contributed by atoms with van der Waals surface area (Å²) in [5.41, 5.74) is 1.91. The first-order valence-corrected chi connectivity index (χ1v) is 7.19. The first-order chi connectivity index (χ1) is 9.28. The predicted molar refractivity (Wildman–Crippen MR) is 80.1 cm³/mol. The zero-order valence-electron chi connectivity index (χ0n) is 10.2. The molecule has 0 aliphatic rings. The highest BCUT2D eigenvalue weighted by molar-refractivity contribution is 7.99. The average molecular weight is 290 g/mol. The van der Waals surface area contributed by atoms with Crippen LogP contribution >= 0.6 is 23.4 Å². The highest BCUT2D eigenvalue weighted by Crippen LogP contribution is 2.24. The summed E-state index contributed by atoms with van der Waals surface area (Å²) in [5.74, 6) is 0.968. The Kier molecular flexibility index (Phi) is 5.22. The molecule has 0 aliphatic carbocycles. The Bertz CT molecular complexity index is 591. The first-order valence-electron chi connectivity index (χ1n) is 5.83. The van der Waals surface area contributed by atoms with Crippen LogP contribution in [0.4, 0.5) is 5.69 Å². The highest BCUT2D eigenvalue weighted by Gasteiger charge is 1.98. The summed E-state index contributed by atoms with van der Waals surface area (Å²) in [5, 5.41) is 0.760. The molecule has 19 heavy (non-hydrogen) atoms. The number of isocyanates is 1. The number of halogens is 1. The quantitative estimate of drug-likeness (QED) is 0.456. The number of nitrogens with zero attached hydrogens (tertiary/aromatic N) is 1. The van der Waals surface area contributed by atoms with Crippen LogP contribution in [-0.2, 0) is 11.2 Å². The SMILES string of the molecule is O=C=Nc1cccc(SCCc2ccc(Cl)cc2)c1. The van der Waals surface area contributed by atoms with Crippen LogP contribution < -0.4 is 0 Å². The summed E-state index contributed by atoms with van der Waals surface area (Å²) in [6.07, 6.45) is 2.53. The van der Waals surface area contributed by atoms with Crippen molar-refractivity contribution in [2.24, 2.45) is 4.99 Å². The number of rotatable bonds is 5. The molecule has 0 aliphatic heterocycles. The van der Waals surface area contributed by atoms with E-state index in [1.165, 1.54) is 5.56 Å². The lowest BCUT2D eigenvalue weighted by Gasteiger charge is -2.03. The molecule has 0 unspecified atom stereocenters. The van der Waals surface area contributed by atoms with E-state index >= 15 is 0 Å². The van der Waals surface area contributed by atoms with Crippen molar-refractivity contribution in [1.29, 1.82) is 0 Å². The molecule has 2 aromatic rings. The van der Waals surface area contributed by atoms with Gasteiger partial charge in [-0.15, -0.1) is 11.8 Å². The Hall–Kier alpha value is -1.54. The van der Waals surface area contributed by atoms with Gasteiger partial charge in [0.2, 0.25) is 6.08 Å². The van der Waals surface area contributed by atoms with Gasteiger partial charge in [0.1, 0.15) is 0 Å². The van der Waals surface area contributed by atoms with Gasteiger partial charge in [-0.25, -0.2) is 4.79 Å². The maximum absolute atomic E-state index is 10.2. The molecule has 0 fully saturated rings. The van der Waals surface area contributed by atoms with Crippen molar-refractivity contribution in [1.82, 2.24) is 0 Å². The number of carbonyl (C=O) groups excluding carboxylic acids is 1. The van der Waals surface area contributed by atoms with Gasteiger partial charge >= 0.3 is 0 Å². The van der Waals surface area contributed by atoms with Crippen molar-refractivity contribution < 1.29 is 4.79 Å². The van der Waals surface area contributed by atoms with E-state index < -0.39 is 0 Å². The fourth-order valence-electron chi connectivity index (χ4n) is 1.63. The molecule has 2 aromatic carbocycles. The third-order valence-electron chi connectivity index (χ3n) is 2.57. The van der Waals surface area contributed by atoms with Crippen LogP contribution in [0, 0.1) is 0 Å². The van der Waals surface area contributed by atoms with Crippen LogP contribution in [0.1, 0.15) is 5.56 Å². The Morgan fingerprint density at radius 1 is 1.16 bits per heavy atom. The predicted octanol–water partition coefficient (Wildman–Crippen LogP) is 4.64. The summed E-state index contributed by atoms with van der Waals surface area (Å²) in [4.78, 5) is 14.9. The van der Waals surface area contributed by atoms with Gasteiger partial charge in [-0.3, -0.25) is 0 Å². The lowest BCUT2D eigenvalue weighted by molar-refractivity contribution is 0.565. The topological polar surface area (TPSA) is 29.4 Å². The van der Waals surface area contributed by atoms with E-state index in [-0.39, 0.29) is 0 Å². The van der Waals surface area contributed by atoms with E-state index in [4.69, 9.17) is 11.6 Å². The Morgan fingerprint density at radius 3 is 2.68 bits per heavy atom. The van der Waals surface area contributed by atoms with Crippen LogP contribution in [0.5, 0.6) is 0 Å². The van der Waals surface area contributed by atoms with E-state index in [1.54, 1.807) is 23.9 Å². The molecular weight excluding hydrogens is 278 g/mol. The molecule has 0 amide bonds. The number of aryl methyl sites for hydroxylation is 1. The van der Waals surface area contributed by atoms with Crippen LogP contribution in [0.2, 0.25) is 5.02 Å². The lowest BCUT2D eigenvalue weighted by atomic mass is 10.2. The Labute approximate surface area is 121 Å². The third kappa shape index (κ3) is 4.56. The number of thioether (sulfide) groups is 1. The molecular formula is C15H12ClNOS. The summed E-state index contributed by atoms with van der Waals surface area (Å²) in [7, 11) is 0. The van der Waals surface area contributed by atoms with E-state index in [0.717, 1.165) is 22.1 Å². The molecule has 0 radical (unpaired) electrons. The molecule has 0 aromatic heterocycles. The summed E-state index contributed by atoms with van der Waals surface area (Å²) >= 11 is 7.58. The van der Waals surface area contributed by atoms with Gasteiger partial charge in [0.15, 0.2) is 0 Å². The standard InChI is InChI=1S/C15H12ClNOS/c16-13-6-4-12(5-7-13)8-9-19-15-3-1-2-14(10-15)17-11-18/h1-7,10H,8-9H2. The number of hydrogen-bond donors (Lipinski definition) is 0. The largest absolute Gasteiger partial charge is 0.240 e. The highest BCUT2D eigenvalue weighted by atomic mass is 35.5. The maximum Gasteiger partial charge on any atom is 0.240 e. The molecule has 0 saturated heterocycles. The van der Waals surface area contributed by atoms with Crippen molar-refractivity contribution in [3.63, 3.8) is 0 Å². The van der Waals surface area contributed by atoms with Gasteiger partial charge in [-0.1, -0.05) is 29.8 Å². The summed E-state index contributed by atoms with van der Waals surface area (Å²) < 4.78 is 0.